The number of nitrogens with zero attached hydrogens (tertiary/aromatic N) is 2. The molecule has 2 fully saturated rings. The summed E-state index contributed by atoms with van der Waals surface area (Å²) < 4.78 is 0. The maximum Gasteiger partial charge on any atom is 0.0220 e. The zero-order valence-corrected chi connectivity index (χ0v) is 14.6. The topological polar surface area (TPSA) is 18.5 Å². The summed E-state index contributed by atoms with van der Waals surface area (Å²) in [5.74, 6) is 1.74. The molecule has 2 heterocycles. The standard InChI is InChI=1S/C18H37N3/c1-4-16(3)18(19-5-2)15-21-12-8-17(9-13-21)14-20-10-6-7-11-20/h16-19H,4-15H2,1-3H3. The first-order valence-electron chi connectivity index (χ1n) is 9.41. The van der Waals surface area contributed by atoms with Crippen LogP contribution in [0.15, 0.2) is 0 Å². The molecule has 0 spiro atoms. The van der Waals surface area contributed by atoms with E-state index in [1.165, 1.54) is 71.4 Å². The lowest BCUT2D eigenvalue weighted by Crippen LogP contribution is -2.47. The van der Waals surface area contributed by atoms with Crippen molar-refractivity contribution in [2.45, 2.75) is 58.9 Å². The Morgan fingerprint density at radius 1 is 1.00 bits per heavy atom. The molecule has 1 N–H and O–H groups in total. The van der Waals surface area contributed by atoms with Crippen LogP contribution in [0.2, 0.25) is 0 Å². The quantitative estimate of drug-likeness (QED) is 0.743. The van der Waals surface area contributed by atoms with Gasteiger partial charge in [0.05, 0.1) is 0 Å². The molecule has 0 bridgehead atoms. The van der Waals surface area contributed by atoms with Gasteiger partial charge in [-0.25, -0.2) is 0 Å². The fourth-order valence-corrected chi connectivity index (χ4v) is 3.95. The van der Waals surface area contributed by atoms with E-state index >= 15 is 0 Å². The van der Waals surface area contributed by atoms with Crippen molar-refractivity contribution in [1.82, 2.24) is 15.1 Å². The van der Waals surface area contributed by atoms with E-state index < -0.39 is 0 Å². The van der Waals surface area contributed by atoms with Gasteiger partial charge >= 0.3 is 0 Å². The number of piperidine rings is 1. The van der Waals surface area contributed by atoms with Gasteiger partial charge in [0, 0.05) is 19.1 Å². The zero-order valence-electron chi connectivity index (χ0n) is 14.6. The number of rotatable bonds is 8. The van der Waals surface area contributed by atoms with E-state index in [0.29, 0.717) is 6.04 Å². The normalized spacial score (nSPS) is 25.3. The number of likely N-dealkylation sites (N-methyl/N-ethyl adjacent to an activating group) is 1. The van der Waals surface area contributed by atoms with Gasteiger partial charge in [-0.3, -0.25) is 0 Å². The van der Waals surface area contributed by atoms with Crippen molar-refractivity contribution in [3.63, 3.8) is 0 Å². The van der Waals surface area contributed by atoms with Crippen LogP contribution in [0.25, 0.3) is 0 Å². The third-order valence-corrected chi connectivity index (χ3v) is 5.67. The van der Waals surface area contributed by atoms with Crippen molar-refractivity contribution in [3.05, 3.63) is 0 Å². The van der Waals surface area contributed by atoms with Crippen LogP contribution in [0.3, 0.4) is 0 Å². The molecular formula is C18H37N3. The second-order valence-corrected chi connectivity index (χ2v) is 7.30. The summed E-state index contributed by atoms with van der Waals surface area (Å²) >= 11 is 0. The molecule has 0 saturated carbocycles. The summed E-state index contributed by atoms with van der Waals surface area (Å²) in [6.07, 6.45) is 6.96. The van der Waals surface area contributed by atoms with Crippen LogP contribution in [-0.2, 0) is 0 Å². The average Bonchev–Trinajstić information content (AvgIpc) is 3.01. The Labute approximate surface area is 132 Å². The van der Waals surface area contributed by atoms with E-state index in [1.807, 2.05) is 0 Å². The van der Waals surface area contributed by atoms with Crippen molar-refractivity contribution in [2.24, 2.45) is 11.8 Å². The predicted molar refractivity (Wildman–Crippen MR) is 91.8 cm³/mol. The van der Waals surface area contributed by atoms with Crippen LogP contribution < -0.4 is 5.32 Å². The lowest BCUT2D eigenvalue weighted by Gasteiger charge is -2.37. The summed E-state index contributed by atoms with van der Waals surface area (Å²) in [4.78, 5) is 5.40. The van der Waals surface area contributed by atoms with Crippen molar-refractivity contribution in [3.8, 4) is 0 Å². The molecule has 2 saturated heterocycles. The smallest absolute Gasteiger partial charge is 0.0220 e. The molecule has 2 aliphatic heterocycles. The van der Waals surface area contributed by atoms with Crippen molar-refractivity contribution < 1.29 is 0 Å². The highest BCUT2D eigenvalue weighted by molar-refractivity contribution is 4.81. The first kappa shape index (κ1) is 17.2. The van der Waals surface area contributed by atoms with Crippen LogP contribution in [0.5, 0.6) is 0 Å². The lowest BCUT2D eigenvalue weighted by atomic mass is 9.94. The number of likely N-dealkylation sites (tertiary alicyclic amines) is 2. The van der Waals surface area contributed by atoms with E-state index in [2.05, 4.69) is 35.9 Å². The Kier molecular flexibility index (Phi) is 7.48. The van der Waals surface area contributed by atoms with Gasteiger partial charge in [-0.15, -0.1) is 0 Å². The van der Waals surface area contributed by atoms with Crippen LogP contribution in [0.4, 0.5) is 0 Å². The summed E-state index contributed by atoms with van der Waals surface area (Å²) in [5, 5.41) is 3.70. The molecule has 3 heteroatoms. The molecule has 2 unspecified atom stereocenters. The second kappa shape index (κ2) is 9.12. The van der Waals surface area contributed by atoms with Crippen LogP contribution in [-0.4, -0.2) is 61.7 Å². The highest BCUT2D eigenvalue weighted by atomic mass is 15.2. The Balaban J connectivity index is 1.69. The van der Waals surface area contributed by atoms with Crippen LogP contribution >= 0.6 is 0 Å². The fraction of sp³-hybridized carbons (Fsp3) is 1.00. The van der Waals surface area contributed by atoms with Gasteiger partial charge in [0.1, 0.15) is 0 Å². The minimum atomic E-state index is 0.676. The average molecular weight is 296 g/mol. The van der Waals surface area contributed by atoms with E-state index in [4.69, 9.17) is 0 Å². The Morgan fingerprint density at radius 2 is 1.67 bits per heavy atom. The van der Waals surface area contributed by atoms with Gasteiger partial charge in [0.15, 0.2) is 0 Å². The van der Waals surface area contributed by atoms with Crippen molar-refractivity contribution >= 4 is 0 Å². The third kappa shape index (κ3) is 5.54. The number of nitrogens with one attached hydrogen (secondary N) is 1. The molecule has 2 atom stereocenters. The predicted octanol–water partition coefficient (Wildman–Crippen LogP) is 2.82. The van der Waals surface area contributed by atoms with Gasteiger partial charge in [-0.1, -0.05) is 27.2 Å². The highest BCUT2D eigenvalue weighted by Gasteiger charge is 2.25. The van der Waals surface area contributed by atoms with Crippen molar-refractivity contribution in [2.75, 3.05) is 45.8 Å². The third-order valence-electron chi connectivity index (χ3n) is 5.67. The SMILES string of the molecule is CCNC(CN1CCC(CN2CCCC2)CC1)C(C)CC. The Hall–Kier alpha value is -0.120. The van der Waals surface area contributed by atoms with Crippen molar-refractivity contribution in [1.29, 1.82) is 0 Å². The van der Waals surface area contributed by atoms with E-state index in [0.717, 1.165) is 18.4 Å². The molecular weight excluding hydrogens is 258 g/mol. The van der Waals surface area contributed by atoms with Gasteiger partial charge in [-0.05, 0) is 70.2 Å². The van der Waals surface area contributed by atoms with Gasteiger partial charge in [0.2, 0.25) is 0 Å². The van der Waals surface area contributed by atoms with Crippen LogP contribution in [0, 0.1) is 11.8 Å². The van der Waals surface area contributed by atoms with E-state index in [-0.39, 0.29) is 0 Å². The minimum Gasteiger partial charge on any atom is -0.313 e. The minimum absolute atomic E-state index is 0.676. The molecule has 0 aromatic carbocycles. The summed E-state index contributed by atoms with van der Waals surface area (Å²) in [7, 11) is 0. The summed E-state index contributed by atoms with van der Waals surface area (Å²) in [6, 6.07) is 0.676. The van der Waals surface area contributed by atoms with Crippen LogP contribution in [0.1, 0.15) is 52.9 Å². The fourth-order valence-electron chi connectivity index (χ4n) is 3.95. The Morgan fingerprint density at radius 3 is 2.24 bits per heavy atom. The maximum absolute atomic E-state index is 3.70. The molecule has 0 aromatic heterocycles. The van der Waals surface area contributed by atoms with Gasteiger partial charge in [-0.2, -0.15) is 0 Å². The number of hydrogen-bond acceptors (Lipinski definition) is 3. The number of hydrogen-bond donors (Lipinski definition) is 1. The maximum atomic E-state index is 3.70. The van der Waals surface area contributed by atoms with E-state index in [9.17, 15) is 0 Å². The monoisotopic (exact) mass is 295 g/mol. The second-order valence-electron chi connectivity index (χ2n) is 7.30. The first-order valence-corrected chi connectivity index (χ1v) is 9.41. The summed E-state index contributed by atoms with van der Waals surface area (Å²) in [6.45, 7) is 16.0. The molecule has 21 heavy (non-hydrogen) atoms. The van der Waals surface area contributed by atoms with Gasteiger partial charge < -0.3 is 15.1 Å². The molecule has 0 aromatic rings. The molecule has 2 rings (SSSR count). The van der Waals surface area contributed by atoms with E-state index in [1.54, 1.807) is 0 Å². The lowest BCUT2D eigenvalue weighted by molar-refractivity contribution is 0.134. The Bertz CT molecular complexity index is 268. The summed E-state index contributed by atoms with van der Waals surface area (Å²) in [5.41, 5.74) is 0. The highest BCUT2D eigenvalue weighted by Crippen LogP contribution is 2.21. The molecule has 0 amide bonds. The first-order chi connectivity index (χ1) is 10.2. The molecule has 124 valence electrons. The molecule has 2 aliphatic rings. The zero-order chi connectivity index (χ0) is 15.1. The molecule has 0 aliphatic carbocycles. The molecule has 3 nitrogen and oxygen atoms in total. The largest absolute Gasteiger partial charge is 0.313 e. The molecule has 0 radical (unpaired) electrons. The van der Waals surface area contributed by atoms with Gasteiger partial charge in [0.25, 0.3) is 0 Å².